The molecule has 0 saturated carbocycles. The Kier molecular flexibility index (Phi) is 7.07. The van der Waals surface area contributed by atoms with Crippen LogP contribution >= 0.6 is 0 Å². The molecule has 0 aliphatic heterocycles. The van der Waals surface area contributed by atoms with Crippen molar-refractivity contribution in [3.8, 4) is 0 Å². The highest BCUT2D eigenvalue weighted by atomic mass is 16.5. The highest BCUT2D eigenvalue weighted by Crippen LogP contribution is 2.14. The molecule has 0 aromatic heterocycles. The van der Waals surface area contributed by atoms with E-state index in [1.165, 1.54) is 11.1 Å². The topological polar surface area (TPSA) is 68.1 Å². The molecule has 0 spiro atoms. The summed E-state index contributed by atoms with van der Waals surface area (Å²) >= 11 is 0. The van der Waals surface area contributed by atoms with Crippen LogP contribution in [0.3, 0.4) is 0 Å². The van der Waals surface area contributed by atoms with E-state index < -0.39 is 0 Å². The van der Waals surface area contributed by atoms with E-state index in [9.17, 15) is 9.81 Å². The maximum absolute atomic E-state index is 10.3. The Labute approximate surface area is 135 Å². The molecule has 2 rings (SSSR count). The van der Waals surface area contributed by atoms with Crippen molar-refractivity contribution in [3.63, 3.8) is 0 Å². The molecule has 0 bridgehead atoms. The largest absolute Gasteiger partial charge is 0.381 e. The predicted molar refractivity (Wildman–Crippen MR) is 91.3 cm³/mol. The van der Waals surface area contributed by atoms with Crippen LogP contribution in [-0.4, -0.2) is 13.2 Å². The molecule has 0 aliphatic carbocycles. The fourth-order valence-electron chi connectivity index (χ4n) is 2.31. The molecule has 0 heterocycles. The minimum absolute atomic E-state index is 0.460. The molecule has 0 saturated heterocycles. The summed E-state index contributed by atoms with van der Waals surface area (Å²) in [5, 5.41) is 5.76. The zero-order chi connectivity index (χ0) is 16.3. The summed E-state index contributed by atoms with van der Waals surface area (Å²) in [4.78, 5) is 20.6. The molecule has 0 aliphatic rings. The van der Waals surface area contributed by atoms with E-state index in [0.717, 1.165) is 38.9 Å². The van der Waals surface area contributed by atoms with Crippen molar-refractivity contribution in [2.24, 2.45) is 10.4 Å². The predicted octanol–water partition coefficient (Wildman–Crippen LogP) is 5.06. The Morgan fingerprint density at radius 2 is 1.04 bits per heavy atom. The van der Waals surface area contributed by atoms with Crippen molar-refractivity contribution in [1.82, 2.24) is 0 Å². The third-order valence-corrected chi connectivity index (χ3v) is 3.59. The molecular weight excluding hydrogens is 292 g/mol. The second-order valence-electron chi connectivity index (χ2n) is 5.33. The first-order valence-corrected chi connectivity index (χ1v) is 7.74. The normalized spacial score (nSPS) is 10.4. The molecule has 0 N–H and O–H groups in total. The van der Waals surface area contributed by atoms with Crippen LogP contribution in [0.4, 0.5) is 11.4 Å². The zero-order valence-electron chi connectivity index (χ0n) is 13.0. The lowest BCUT2D eigenvalue weighted by molar-refractivity contribution is 0.130. The second-order valence-corrected chi connectivity index (χ2v) is 5.33. The first kappa shape index (κ1) is 17.0. The maximum atomic E-state index is 10.3. The summed E-state index contributed by atoms with van der Waals surface area (Å²) in [6.45, 7) is 1.45. The van der Waals surface area contributed by atoms with Crippen molar-refractivity contribution in [1.29, 1.82) is 0 Å². The van der Waals surface area contributed by atoms with E-state index in [-0.39, 0.29) is 0 Å². The van der Waals surface area contributed by atoms with Gasteiger partial charge >= 0.3 is 0 Å². The third kappa shape index (κ3) is 6.08. The molecule has 5 heteroatoms. The molecular formula is C18H20N2O3. The van der Waals surface area contributed by atoms with E-state index in [0.29, 0.717) is 11.4 Å². The van der Waals surface area contributed by atoms with Crippen molar-refractivity contribution in [2.75, 3.05) is 13.2 Å². The number of hydrogen-bond acceptors (Lipinski definition) is 5. The Morgan fingerprint density at radius 1 is 0.652 bits per heavy atom. The van der Waals surface area contributed by atoms with Crippen LogP contribution in [0.15, 0.2) is 58.9 Å². The average molecular weight is 312 g/mol. The summed E-state index contributed by atoms with van der Waals surface area (Å²) in [6.07, 6.45) is 3.76. The van der Waals surface area contributed by atoms with E-state index in [1.807, 2.05) is 24.3 Å². The smallest absolute Gasteiger partial charge is 0.108 e. The molecule has 0 unspecified atom stereocenters. The Balaban J connectivity index is 1.54. The molecule has 5 nitrogen and oxygen atoms in total. The number of benzene rings is 2. The number of aryl methyl sites for hydroxylation is 2. The molecule has 2 aromatic carbocycles. The highest BCUT2D eigenvalue weighted by Gasteiger charge is 1.97. The van der Waals surface area contributed by atoms with Gasteiger partial charge in [-0.25, -0.2) is 0 Å². The summed E-state index contributed by atoms with van der Waals surface area (Å²) in [5.74, 6) is 0. The van der Waals surface area contributed by atoms with Crippen LogP contribution in [-0.2, 0) is 17.6 Å². The third-order valence-electron chi connectivity index (χ3n) is 3.59. The standard InChI is InChI=1S/C18H20N2O3/c21-19-17-9-5-15(6-10-17)3-1-13-23-14-2-4-16-7-11-18(20-22)12-8-16/h5-12H,1-4,13-14H2. The number of hydrogen-bond donors (Lipinski definition) is 0. The van der Waals surface area contributed by atoms with Crippen LogP contribution in [0, 0.1) is 9.81 Å². The number of nitrogens with zero attached hydrogens (tertiary/aromatic N) is 2. The van der Waals surface area contributed by atoms with Gasteiger partial charge in [-0.05, 0) is 71.4 Å². The van der Waals surface area contributed by atoms with Gasteiger partial charge in [0, 0.05) is 13.2 Å². The van der Waals surface area contributed by atoms with Crippen LogP contribution < -0.4 is 0 Å². The van der Waals surface area contributed by atoms with Crippen LogP contribution in [0.2, 0.25) is 0 Å². The van der Waals surface area contributed by atoms with Gasteiger partial charge in [0.05, 0.1) is 0 Å². The maximum Gasteiger partial charge on any atom is 0.108 e. The average Bonchev–Trinajstić information content (AvgIpc) is 2.62. The molecule has 0 atom stereocenters. The monoisotopic (exact) mass is 312 g/mol. The van der Waals surface area contributed by atoms with E-state index in [2.05, 4.69) is 10.4 Å². The molecule has 2 aromatic rings. The second kappa shape index (κ2) is 9.58. The summed E-state index contributed by atoms with van der Waals surface area (Å²) in [5.41, 5.74) is 3.29. The number of rotatable bonds is 10. The summed E-state index contributed by atoms with van der Waals surface area (Å²) in [6, 6.07) is 14.6. The minimum atomic E-state index is 0.460. The quantitative estimate of drug-likeness (QED) is 0.454. The lowest BCUT2D eigenvalue weighted by Gasteiger charge is -2.05. The van der Waals surface area contributed by atoms with Gasteiger partial charge in [-0.15, -0.1) is 9.81 Å². The Hall–Kier alpha value is -2.40. The van der Waals surface area contributed by atoms with Crippen molar-refractivity contribution in [3.05, 3.63) is 69.5 Å². The van der Waals surface area contributed by atoms with Crippen LogP contribution in [0.1, 0.15) is 24.0 Å². The Morgan fingerprint density at radius 3 is 1.39 bits per heavy atom. The van der Waals surface area contributed by atoms with Gasteiger partial charge < -0.3 is 4.74 Å². The van der Waals surface area contributed by atoms with E-state index in [4.69, 9.17) is 4.74 Å². The molecule has 120 valence electrons. The van der Waals surface area contributed by atoms with Gasteiger partial charge in [-0.2, -0.15) is 0 Å². The fourth-order valence-corrected chi connectivity index (χ4v) is 2.31. The Bertz CT molecular complexity index is 554. The van der Waals surface area contributed by atoms with E-state index in [1.54, 1.807) is 24.3 Å². The molecule has 0 fully saturated rings. The first-order valence-electron chi connectivity index (χ1n) is 7.74. The summed E-state index contributed by atoms with van der Waals surface area (Å²) in [7, 11) is 0. The lowest BCUT2D eigenvalue weighted by Crippen LogP contribution is -2.00. The SMILES string of the molecule is O=Nc1ccc(CCCOCCCc2ccc(N=O)cc2)cc1. The van der Waals surface area contributed by atoms with Crippen molar-refractivity contribution < 1.29 is 4.74 Å². The summed E-state index contributed by atoms with van der Waals surface area (Å²) < 4.78 is 5.63. The van der Waals surface area contributed by atoms with Gasteiger partial charge in [0.15, 0.2) is 0 Å². The number of nitroso groups, excluding NO2 is 2. The molecule has 0 amide bonds. The molecule has 23 heavy (non-hydrogen) atoms. The van der Waals surface area contributed by atoms with Gasteiger partial charge in [0.1, 0.15) is 11.4 Å². The van der Waals surface area contributed by atoms with E-state index >= 15 is 0 Å². The van der Waals surface area contributed by atoms with Gasteiger partial charge in [0.25, 0.3) is 0 Å². The lowest BCUT2D eigenvalue weighted by atomic mass is 10.1. The molecule has 0 radical (unpaired) electrons. The van der Waals surface area contributed by atoms with Gasteiger partial charge in [-0.1, -0.05) is 24.3 Å². The minimum Gasteiger partial charge on any atom is -0.381 e. The first-order chi connectivity index (χ1) is 11.3. The number of ether oxygens (including phenoxy) is 1. The van der Waals surface area contributed by atoms with Gasteiger partial charge in [-0.3, -0.25) is 0 Å². The zero-order valence-corrected chi connectivity index (χ0v) is 13.0. The highest BCUT2D eigenvalue weighted by molar-refractivity contribution is 5.39. The fraction of sp³-hybridized carbons (Fsp3) is 0.333. The van der Waals surface area contributed by atoms with Crippen molar-refractivity contribution in [2.45, 2.75) is 25.7 Å². The van der Waals surface area contributed by atoms with Crippen LogP contribution in [0.5, 0.6) is 0 Å². The van der Waals surface area contributed by atoms with Crippen LogP contribution in [0.25, 0.3) is 0 Å². The van der Waals surface area contributed by atoms with Gasteiger partial charge in [0.2, 0.25) is 0 Å². The van der Waals surface area contributed by atoms with Crippen molar-refractivity contribution >= 4 is 11.4 Å².